The van der Waals surface area contributed by atoms with Gasteiger partial charge in [-0.2, -0.15) is 11.3 Å². The first-order chi connectivity index (χ1) is 7.22. The van der Waals surface area contributed by atoms with Gasteiger partial charge in [0, 0.05) is 10.9 Å². The number of aromatic nitrogens is 2. The largest absolute Gasteiger partial charge is 0.383 e. The van der Waals surface area contributed by atoms with E-state index in [1.807, 2.05) is 23.8 Å². The van der Waals surface area contributed by atoms with Gasteiger partial charge in [-0.25, -0.2) is 4.98 Å². The quantitative estimate of drug-likeness (QED) is 0.809. The maximum absolute atomic E-state index is 11.6. The molecule has 2 rings (SSSR count). The van der Waals surface area contributed by atoms with Crippen molar-refractivity contribution in [3.05, 3.63) is 32.7 Å². The van der Waals surface area contributed by atoms with Crippen LogP contribution in [-0.2, 0) is 6.42 Å². The van der Waals surface area contributed by atoms with Crippen LogP contribution in [0.2, 0.25) is 0 Å². The molecule has 0 aromatic carbocycles. The number of hydrogen-bond donors (Lipinski definition) is 2. The lowest BCUT2D eigenvalue weighted by Crippen LogP contribution is -2.17. The summed E-state index contributed by atoms with van der Waals surface area (Å²) in [6.07, 6.45) is 0.595. The van der Waals surface area contributed by atoms with Gasteiger partial charge in [0.2, 0.25) is 0 Å². The Morgan fingerprint density at radius 3 is 2.93 bits per heavy atom. The second-order valence-corrected chi connectivity index (χ2v) is 3.92. The molecule has 0 saturated carbocycles. The first-order valence-corrected chi connectivity index (χ1v) is 5.58. The number of nitrogens with two attached hydrogens (primary N) is 1. The maximum Gasteiger partial charge on any atom is 0.256 e. The lowest BCUT2D eigenvalue weighted by Gasteiger charge is -2.03. The number of hydrogen-bond acceptors (Lipinski definition) is 4. The van der Waals surface area contributed by atoms with Crippen molar-refractivity contribution in [2.24, 2.45) is 0 Å². The molecule has 5 heteroatoms. The monoisotopic (exact) mass is 221 g/mol. The van der Waals surface area contributed by atoms with E-state index < -0.39 is 0 Å². The summed E-state index contributed by atoms with van der Waals surface area (Å²) in [7, 11) is 0. The molecule has 0 amide bonds. The van der Waals surface area contributed by atoms with E-state index in [-0.39, 0.29) is 5.56 Å². The Balaban J connectivity index is 2.58. The van der Waals surface area contributed by atoms with E-state index in [4.69, 9.17) is 5.73 Å². The fraction of sp³-hybridized carbons (Fsp3) is 0.200. The minimum atomic E-state index is -0.147. The fourth-order valence-corrected chi connectivity index (χ4v) is 2.03. The van der Waals surface area contributed by atoms with E-state index in [9.17, 15) is 4.79 Å². The standard InChI is InChI=1S/C10H11N3OS/c1-2-7-8(11)12-9(13-10(7)14)6-3-4-15-5-6/h3-5H,2H2,1H3,(H3,11,12,13,14). The average Bonchev–Trinajstić information content (AvgIpc) is 2.69. The Kier molecular flexibility index (Phi) is 2.55. The summed E-state index contributed by atoms with van der Waals surface area (Å²) in [6.45, 7) is 1.88. The first kappa shape index (κ1) is 9.92. The van der Waals surface area contributed by atoms with Crippen molar-refractivity contribution < 1.29 is 0 Å². The fourth-order valence-electron chi connectivity index (χ4n) is 1.39. The summed E-state index contributed by atoms with van der Waals surface area (Å²) < 4.78 is 0. The zero-order valence-corrected chi connectivity index (χ0v) is 9.10. The predicted octanol–water partition coefficient (Wildman–Crippen LogP) is 1.64. The van der Waals surface area contributed by atoms with Crippen molar-refractivity contribution in [1.29, 1.82) is 0 Å². The molecule has 0 fully saturated rings. The molecule has 15 heavy (non-hydrogen) atoms. The summed E-state index contributed by atoms with van der Waals surface area (Å²) in [5, 5.41) is 3.85. The smallest absolute Gasteiger partial charge is 0.256 e. The van der Waals surface area contributed by atoms with Gasteiger partial charge in [0.05, 0.1) is 5.56 Å². The average molecular weight is 221 g/mol. The first-order valence-electron chi connectivity index (χ1n) is 4.63. The molecule has 0 aliphatic heterocycles. The molecular weight excluding hydrogens is 210 g/mol. The molecule has 0 saturated heterocycles. The third kappa shape index (κ3) is 1.78. The number of H-pyrrole nitrogens is 1. The van der Waals surface area contributed by atoms with Crippen LogP contribution in [0.15, 0.2) is 21.6 Å². The van der Waals surface area contributed by atoms with Crippen LogP contribution in [0.1, 0.15) is 12.5 Å². The van der Waals surface area contributed by atoms with Gasteiger partial charge in [-0.1, -0.05) is 6.92 Å². The highest BCUT2D eigenvalue weighted by Crippen LogP contribution is 2.18. The van der Waals surface area contributed by atoms with Crippen LogP contribution in [0.4, 0.5) is 5.82 Å². The van der Waals surface area contributed by atoms with Crippen LogP contribution in [-0.4, -0.2) is 9.97 Å². The molecule has 0 radical (unpaired) electrons. The Morgan fingerprint density at radius 2 is 2.40 bits per heavy atom. The molecular formula is C10H11N3OS. The van der Waals surface area contributed by atoms with Crippen molar-refractivity contribution in [2.75, 3.05) is 5.73 Å². The SMILES string of the molecule is CCc1c(N)nc(-c2ccsc2)[nH]c1=O. The van der Waals surface area contributed by atoms with Gasteiger partial charge in [0.25, 0.3) is 5.56 Å². The number of thiophene rings is 1. The van der Waals surface area contributed by atoms with Crippen LogP contribution in [0.25, 0.3) is 11.4 Å². The lowest BCUT2D eigenvalue weighted by atomic mass is 10.2. The van der Waals surface area contributed by atoms with Crippen molar-refractivity contribution in [1.82, 2.24) is 9.97 Å². The van der Waals surface area contributed by atoms with Gasteiger partial charge in [-0.05, 0) is 17.9 Å². The second-order valence-electron chi connectivity index (χ2n) is 3.14. The summed E-state index contributed by atoms with van der Waals surface area (Å²) in [5.41, 5.74) is 7.01. The molecule has 0 bridgehead atoms. The van der Waals surface area contributed by atoms with E-state index in [1.54, 1.807) is 11.3 Å². The van der Waals surface area contributed by atoms with Crippen LogP contribution in [0.5, 0.6) is 0 Å². The molecule has 4 nitrogen and oxygen atoms in total. The minimum absolute atomic E-state index is 0.147. The van der Waals surface area contributed by atoms with E-state index in [0.29, 0.717) is 23.6 Å². The van der Waals surface area contributed by atoms with Gasteiger partial charge in [-0.15, -0.1) is 0 Å². The van der Waals surface area contributed by atoms with Crippen LogP contribution in [0.3, 0.4) is 0 Å². The molecule has 0 spiro atoms. The number of rotatable bonds is 2. The van der Waals surface area contributed by atoms with Gasteiger partial charge >= 0.3 is 0 Å². The molecule has 0 atom stereocenters. The summed E-state index contributed by atoms with van der Waals surface area (Å²) in [4.78, 5) is 18.5. The van der Waals surface area contributed by atoms with Crippen molar-refractivity contribution in [3.63, 3.8) is 0 Å². The minimum Gasteiger partial charge on any atom is -0.383 e. The normalized spacial score (nSPS) is 10.5. The number of nitrogens with one attached hydrogen (secondary N) is 1. The van der Waals surface area contributed by atoms with Gasteiger partial charge < -0.3 is 10.7 Å². The molecule has 0 aliphatic rings. The number of anilines is 1. The van der Waals surface area contributed by atoms with E-state index in [1.165, 1.54) is 0 Å². The number of nitrogens with zero attached hydrogens (tertiary/aromatic N) is 1. The zero-order chi connectivity index (χ0) is 10.8. The highest BCUT2D eigenvalue weighted by Gasteiger charge is 2.08. The van der Waals surface area contributed by atoms with Crippen LogP contribution < -0.4 is 11.3 Å². The highest BCUT2D eigenvalue weighted by molar-refractivity contribution is 7.08. The predicted molar refractivity (Wildman–Crippen MR) is 62.0 cm³/mol. The molecule has 0 unspecified atom stereocenters. The Morgan fingerprint density at radius 1 is 1.60 bits per heavy atom. The van der Waals surface area contributed by atoms with E-state index >= 15 is 0 Å². The van der Waals surface area contributed by atoms with Gasteiger partial charge in [0.1, 0.15) is 11.6 Å². The third-order valence-corrected chi connectivity index (χ3v) is 2.88. The summed E-state index contributed by atoms with van der Waals surface area (Å²) in [6, 6.07) is 1.90. The van der Waals surface area contributed by atoms with Crippen molar-refractivity contribution in [3.8, 4) is 11.4 Å². The molecule has 2 heterocycles. The van der Waals surface area contributed by atoms with E-state index in [0.717, 1.165) is 5.56 Å². The molecule has 2 aromatic heterocycles. The number of nitrogen functional groups attached to an aromatic ring is 1. The Labute approximate surface area is 90.8 Å². The molecule has 2 aromatic rings. The maximum atomic E-state index is 11.6. The molecule has 78 valence electrons. The van der Waals surface area contributed by atoms with Crippen molar-refractivity contribution in [2.45, 2.75) is 13.3 Å². The highest BCUT2D eigenvalue weighted by atomic mass is 32.1. The third-order valence-electron chi connectivity index (χ3n) is 2.20. The number of aromatic amines is 1. The lowest BCUT2D eigenvalue weighted by molar-refractivity contribution is 1.02. The van der Waals surface area contributed by atoms with Gasteiger partial charge in [-0.3, -0.25) is 4.79 Å². The molecule has 3 N–H and O–H groups in total. The van der Waals surface area contributed by atoms with Crippen LogP contribution >= 0.6 is 11.3 Å². The Bertz CT molecular complexity index is 516. The van der Waals surface area contributed by atoms with Gasteiger partial charge in [0.15, 0.2) is 0 Å². The van der Waals surface area contributed by atoms with E-state index in [2.05, 4.69) is 9.97 Å². The zero-order valence-electron chi connectivity index (χ0n) is 8.28. The van der Waals surface area contributed by atoms with Crippen molar-refractivity contribution >= 4 is 17.2 Å². The van der Waals surface area contributed by atoms with Crippen LogP contribution in [0, 0.1) is 0 Å². The topological polar surface area (TPSA) is 71.8 Å². The second kappa shape index (κ2) is 3.86. The summed E-state index contributed by atoms with van der Waals surface area (Å²) in [5.74, 6) is 0.860. The summed E-state index contributed by atoms with van der Waals surface area (Å²) >= 11 is 1.55. The Hall–Kier alpha value is -1.62. The molecule has 0 aliphatic carbocycles.